The van der Waals surface area contributed by atoms with Crippen LogP contribution in [0.5, 0.6) is 0 Å². The van der Waals surface area contributed by atoms with Gasteiger partial charge in [0.15, 0.2) is 0 Å². The van der Waals surface area contributed by atoms with Gasteiger partial charge in [0, 0.05) is 4.90 Å². The van der Waals surface area contributed by atoms with Crippen molar-refractivity contribution in [3.05, 3.63) is 95.6 Å². The van der Waals surface area contributed by atoms with E-state index in [1.807, 2.05) is 62.4 Å². The molecule has 1 unspecified atom stereocenters. The third-order valence-corrected chi connectivity index (χ3v) is 5.45. The van der Waals surface area contributed by atoms with Crippen molar-refractivity contribution < 1.29 is 9.59 Å². The van der Waals surface area contributed by atoms with Crippen LogP contribution in [0, 0.1) is 0 Å². The van der Waals surface area contributed by atoms with Crippen LogP contribution in [0.4, 0.5) is 5.69 Å². The second-order valence-electron chi connectivity index (χ2n) is 6.53. The number of anilines is 1. The molecule has 2 N–H and O–H groups in total. The van der Waals surface area contributed by atoms with E-state index in [2.05, 4.69) is 10.6 Å². The maximum atomic E-state index is 12.9. The maximum Gasteiger partial charge on any atom is 0.256 e. The molecule has 4 nitrogen and oxygen atoms in total. The van der Waals surface area contributed by atoms with E-state index >= 15 is 0 Å². The largest absolute Gasteiger partial charge is 0.345 e. The summed E-state index contributed by atoms with van der Waals surface area (Å²) in [5.41, 5.74) is 2.55. The molecule has 0 aliphatic carbocycles. The summed E-state index contributed by atoms with van der Waals surface area (Å²) < 4.78 is 0. The van der Waals surface area contributed by atoms with Gasteiger partial charge in [-0.3, -0.25) is 9.59 Å². The van der Waals surface area contributed by atoms with Gasteiger partial charge in [0.1, 0.15) is 0 Å². The summed E-state index contributed by atoms with van der Waals surface area (Å²) in [5.74, 6) is 0.423. The lowest BCUT2D eigenvalue weighted by atomic mass is 10.1. The Kier molecular flexibility index (Phi) is 7.09. The van der Waals surface area contributed by atoms with E-state index in [0.29, 0.717) is 16.8 Å². The van der Waals surface area contributed by atoms with Gasteiger partial charge < -0.3 is 10.6 Å². The molecule has 5 heteroatoms. The van der Waals surface area contributed by atoms with E-state index in [4.69, 9.17) is 0 Å². The number of hydrogen-bond acceptors (Lipinski definition) is 3. The van der Waals surface area contributed by atoms with Gasteiger partial charge in [0.05, 0.1) is 22.9 Å². The minimum Gasteiger partial charge on any atom is -0.345 e. The van der Waals surface area contributed by atoms with Gasteiger partial charge in [-0.05, 0) is 42.5 Å². The molecule has 2 amide bonds. The van der Waals surface area contributed by atoms with E-state index in [1.54, 1.807) is 42.1 Å². The highest BCUT2D eigenvalue weighted by Gasteiger charge is 2.17. The quantitative estimate of drug-likeness (QED) is 0.508. The number of nitrogens with one attached hydrogen (secondary N) is 2. The highest BCUT2D eigenvalue weighted by atomic mass is 32.2. The zero-order valence-electron chi connectivity index (χ0n) is 16.5. The van der Waals surface area contributed by atoms with Gasteiger partial charge in [-0.1, -0.05) is 61.5 Å². The fourth-order valence-corrected chi connectivity index (χ4v) is 3.82. The average Bonchev–Trinajstić information content (AvgIpc) is 2.75. The van der Waals surface area contributed by atoms with Crippen molar-refractivity contribution in [2.75, 3.05) is 11.1 Å². The topological polar surface area (TPSA) is 58.2 Å². The van der Waals surface area contributed by atoms with E-state index in [-0.39, 0.29) is 17.9 Å². The van der Waals surface area contributed by atoms with E-state index in [9.17, 15) is 9.59 Å². The normalized spacial score (nSPS) is 11.5. The fraction of sp³-hybridized carbons (Fsp3) is 0.167. The van der Waals surface area contributed by atoms with Crippen LogP contribution in [-0.2, 0) is 0 Å². The number of amides is 2. The Morgan fingerprint density at radius 1 is 0.828 bits per heavy atom. The van der Waals surface area contributed by atoms with Crippen LogP contribution < -0.4 is 10.6 Å². The first-order valence-electron chi connectivity index (χ1n) is 9.58. The lowest BCUT2D eigenvalue weighted by Gasteiger charge is -2.17. The predicted molar refractivity (Wildman–Crippen MR) is 120 cm³/mol. The first kappa shape index (κ1) is 20.7. The minimum absolute atomic E-state index is 0.144. The molecule has 0 aliphatic rings. The van der Waals surface area contributed by atoms with Gasteiger partial charge in [0.2, 0.25) is 0 Å². The summed E-state index contributed by atoms with van der Waals surface area (Å²) in [6.07, 6.45) is 0. The number of carbonyl (C=O) groups is 2. The lowest BCUT2D eigenvalue weighted by Crippen LogP contribution is -2.28. The van der Waals surface area contributed by atoms with Crippen molar-refractivity contribution in [3.8, 4) is 0 Å². The summed E-state index contributed by atoms with van der Waals surface area (Å²) in [6, 6.07) is 24.2. The molecule has 148 valence electrons. The molecular weight excluding hydrogens is 380 g/mol. The molecule has 0 radical (unpaired) electrons. The second kappa shape index (κ2) is 9.94. The number of carbonyl (C=O) groups excluding carboxylic acids is 2. The zero-order valence-corrected chi connectivity index (χ0v) is 17.3. The number of hydrogen-bond donors (Lipinski definition) is 2. The van der Waals surface area contributed by atoms with E-state index < -0.39 is 0 Å². The molecule has 0 bridgehead atoms. The van der Waals surface area contributed by atoms with Crippen LogP contribution in [0.1, 0.15) is 46.2 Å². The third kappa shape index (κ3) is 5.27. The molecule has 0 spiro atoms. The van der Waals surface area contributed by atoms with Crippen molar-refractivity contribution in [1.29, 1.82) is 0 Å². The zero-order chi connectivity index (χ0) is 20.6. The van der Waals surface area contributed by atoms with Gasteiger partial charge in [-0.15, -0.1) is 11.8 Å². The van der Waals surface area contributed by atoms with Gasteiger partial charge in [-0.2, -0.15) is 0 Å². The Morgan fingerprint density at radius 3 is 2.17 bits per heavy atom. The Balaban J connectivity index is 1.78. The molecule has 0 saturated heterocycles. The Labute approximate surface area is 175 Å². The number of rotatable bonds is 7. The molecule has 29 heavy (non-hydrogen) atoms. The van der Waals surface area contributed by atoms with Crippen molar-refractivity contribution in [2.24, 2.45) is 0 Å². The van der Waals surface area contributed by atoms with Crippen molar-refractivity contribution in [1.82, 2.24) is 5.32 Å². The molecular formula is C24H24N2O2S. The molecule has 1 atom stereocenters. The standard InChI is InChI=1S/C24H24N2O2S/c1-3-29-22-16-10-8-14-20(22)24(28)26-21-15-9-7-13-19(21)23(27)25-17(2)18-11-5-4-6-12-18/h4-17H,3H2,1-2H3,(H,25,27)(H,26,28). The first-order valence-corrected chi connectivity index (χ1v) is 10.6. The highest BCUT2D eigenvalue weighted by Crippen LogP contribution is 2.24. The molecule has 0 aromatic heterocycles. The van der Waals surface area contributed by atoms with E-state index in [0.717, 1.165) is 16.2 Å². The summed E-state index contributed by atoms with van der Waals surface area (Å²) in [6.45, 7) is 3.99. The van der Waals surface area contributed by atoms with Crippen LogP contribution in [0.2, 0.25) is 0 Å². The van der Waals surface area contributed by atoms with E-state index in [1.165, 1.54) is 0 Å². The molecule has 3 rings (SSSR count). The molecule has 0 heterocycles. The van der Waals surface area contributed by atoms with Crippen LogP contribution in [0.3, 0.4) is 0 Å². The van der Waals surface area contributed by atoms with Crippen LogP contribution >= 0.6 is 11.8 Å². The third-order valence-electron chi connectivity index (χ3n) is 4.50. The summed E-state index contributed by atoms with van der Waals surface area (Å²) in [5, 5.41) is 5.91. The lowest BCUT2D eigenvalue weighted by molar-refractivity contribution is 0.0941. The van der Waals surface area contributed by atoms with Crippen LogP contribution in [-0.4, -0.2) is 17.6 Å². The second-order valence-corrected chi connectivity index (χ2v) is 7.84. The molecule has 0 saturated carbocycles. The first-order chi connectivity index (χ1) is 14.1. The summed E-state index contributed by atoms with van der Waals surface area (Å²) in [7, 11) is 0. The number of para-hydroxylation sites is 1. The Bertz CT molecular complexity index is 989. The predicted octanol–water partition coefficient (Wildman–Crippen LogP) is 5.54. The Morgan fingerprint density at radius 2 is 1.45 bits per heavy atom. The summed E-state index contributed by atoms with van der Waals surface area (Å²) >= 11 is 1.62. The van der Waals surface area contributed by atoms with Crippen molar-refractivity contribution >= 4 is 29.3 Å². The van der Waals surface area contributed by atoms with Gasteiger partial charge >= 0.3 is 0 Å². The molecule has 0 fully saturated rings. The van der Waals surface area contributed by atoms with Crippen molar-refractivity contribution in [2.45, 2.75) is 24.8 Å². The van der Waals surface area contributed by atoms with Crippen molar-refractivity contribution in [3.63, 3.8) is 0 Å². The summed E-state index contributed by atoms with van der Waals surface area (Å²) in [4.78, 5) is 26.7. The average molecular weight is 405 g/mol. The number of benzene rings is 3. The molecule has 0 aliphatic heterocycles. The minimum atomic E-state index is -0.228. The Hall–Kier alpha value is -3.05. The number of thioether (sulfide) groups is 1. The highest BCUT2D eigenvalue weighted by molar-refractivity contribution is 7.99. The monoisotopic (exact) mass is 404 g/mol. The smallest absolute Gasteiger partial charge is 0.256 e. The SMILES string of the molecule is CCSc1ccccc1C(=O)Nc1ccccc1C(=O)NC(C)c1ccccc1. The van der Waals surface area contributed by atoms with Gasteiger partial charge in [-0.25, -0.2) is 0 Å². The fourth-order valence-electron chi connectivity index (χ4n) is 3.01. The van der Waals surface area contributed by atoms with Gasteiger partial charge in [0.25, 0.3) is 11.8 Å². The molecule has 3 aromatic carbocycles. The van der Waals surface area contributed by atoms with Crippen LogP contribution in [0.15, 0.2) is 83.8 Å². The molecule has 3 aromatic rings. The van der Waals surface area contributed by atoms with Crippen LogP contribution in [0.25, 0.3) is 0 Å². The maximum absolute atomic E-state index is 12.9.